The van der Waals surface area contributed by atoms with Gasteiger partial charge in [-0.1, -0.05) is 22.0 Å². The Labute approximate surface area is 116 Å². The molecule has 1 aliphatic rings. The summed E-state index contributed by atoms with van der Waals surface area (Å²) in [6.07, 6.45) is 2.36. The highest BCUT2D eigenvalue weighted by atomic mass is 79.9. The molecule has 2 N–H and O–H groups in total. The van der Waals surface area contributed by atoms with E-state index in [9.17, 15) is 4.79 Å². The Morgan fingerprint density at radius 2 is 2.35 bits per heavy atom. The molecule has 1 amide bonds. The molecule has 0 saturated carbocycles. The third kappa shape index (κ3) is 4.30. The number of benzene rings is 1. The number of hydrogen-bond acceptors (Lipinski definition) is 2. The van der Waals surface area contributed by atoms with Crippen LogP contribution in [0.3, 0.4) is 0 Å². The molecule has 17 heavy (non-hydrogen) atoms. The highest BCUT2D eigenvalue weighted by Gasteiger charge is 2.15. The summed E-state index contributed by atoms with van der Waals surface area (Å²) in [6, 6.07) is 7.87. The van der Waals surface area contributed by atoms with Crippen LogP contribution in [0.5, 0.6) is 0 Å². The standard InChI is InChI=1S/C12H15BrN2O.ClH/c13-10-4-1-3-9(7-10)12(16)15-8-11-5-2-6-14-11;/h1,3-4,7,11,14H,2,5-6,8H2,(H,15,16);1H. The van der Waals surface area contributed by atoms with Crippen LogP contribution in [-0.2, 0) is 0 Å². The average molecular weight is 320 g/mol. The molecular weight excluding hydrogens is 304 g/mol. The molecule has 2 rings (SSSR count). The van der Waals surface area contributed by atoms with Crippen LogP contribution in [0.25, 0.3) is 0 Å². The van der Waals surface area contributed by atoms with Crippen LogP contribution in [0.4, 0.5) is 0 Å². The second-order valence-electron chi connectivity index (χ2n) is 4.01. The van der Waals surface area contributed by atoms with Gasteiger partial charge < -0.3 is 10.6 Å². The minimum atomic E-state index is -0.00463. The minimum absolute atomic E-state index is 0. The maximum absolute atomic E-state index is 11.8. The molecule has 1 aliphatic heterocycles. The van der Waals surface area contributed by atoms with Crippen LogP contribution in [0.2, 0.25) is 0 Å². The van der Waals surface area contributed by atoms with Crippen LogP contribution in [0, 0.1) is 0 Å². The van der Waals surface area contributed by atoms with Gasteiger partial charge in [0.2, 0.25) is 0 Å². The summed E-state index contributed by atoms with van der Waals surface area (Å²) in [5.74, 6) is -0.00463. The van der Waals surface area contributed by atoms with Crippen molar-refractivity contribution in [3.8, 4) is 0 Å². The summed E-state index contributed by atoms with van der Waals surface area (Å²) >= 11 is 3.36. The monoisotopic (exact) mass is 318 g/mol. The second-order valence-corrected chi connectivity index (χ2v) is 4.93. The van der Waals surface area contributed by atoms with E-state index in [0.29, 0.717) is 18.2 Å². The highest BCUT2D eigenvalue weighted by molar-refractivity contribution is 9.10. The van der Waals surface area contributed by atoms with E-state index in [1.165, 1.54) is 6.42 Å². The van der Waals surface area contributed by atoms with E-state index in [-0.39, 0.29) is 18.3 Å². The van der Waals surface area contributed by atoms with Crippen molar-refractivity contribution in [3.05, 3.63) is 34.3 Å². The van der Waals surface area contributed by atoms with Gasteiger partial charge in [0.25, 0.3) is 5.91 Å². The first-order chi connectivity index (χ1) is 7.75. The van der Waals surface area contributed by atoms with Gasteiger partial charge in [-0.2, -0.15) is 0 Å². The first-order valence-corrected chi connectivity index (χ1v) is 6.32. The summed E-state index contributed by atoms with van der Waals surface area (Å²) in [6.45, 7) is 1.78. The fourth-order valence-electron chi connectivity index (χ4n) is 1.88. The topological polar surface area (TPSA) is 41.1 Å². The lowest BCUT2D eigenvalue weighted by molar-refractivity contribution is 0.0950. The zero-order chi connectivity index (χ0) is 11.4. The molecule has 1 unspecified atom stereocenters. The number of halogens is 2. The predicted molar refractivity (Wildman–Crippen MR) is 74.7 cm³/mol. The van der Waals surface area contributed by atoms with Crippen LogP contribution in [0.1, 0.15) is 23.2 Å². The second kappa shape index (κ2) is 6.99. The Morgan fingerprint density at radius 3 is 3.00 bits per heavy atom. The Balaban J connectivity index is 0.00000144. The van der Waals surface area contributed by atoms with Crippen molar-refractivity contribution in [3.63, 3.8) is 0 Å². The molecule has 1 atom stereocenters. The summed E-state index contributed by atoms with van der Waals surface area (Å²) in [7, 11) is 0. The molecule has 1 aromatic rings. The van der Waals surface area contributed by atoms with Crippen LogP contribution in [-0.4, -0.2) is 25.0 Å². The van der Waals surface area contributed by atoms with Crippen molar-refractivity contribution in [1.82, 2.24) is 10.6 Å². The third-order valence-electron chi connectivity index (χ3n) is 2.76. The summed E-state index contributed by atoms with van der Waals surface area (Å²) < 4.78 is 0.930. The Kier molecular flexibility index (Phi) is 5.95. The van der Waals surface area contributed by atoms with Gasteiger partial charge in [-0.15, -0.1) is 12.4 Å². The number of hydrogen-bond donors (Lipinski definition) is 2. The fourth-order valence-corrected chi connectivity index (χ4v) is 2.28. The fraction of sp³-hybridized carbons (Fsp3) is 0.417. The normalized spacial score (nSPS) is 18.5. The highest BCUT2D eigenvalue weighted by Crippen LogP contribution is 2.11. The smallest absolute Gasteiger partial charge is 0.251 e. The van der Waals surface area contributed by atoms with Crippen molar-refractivity contribution in [2.24, 2.45) is 0 Å². The van der Waals surface area contributed by atoms with Crippen LogP contribution >= 0.6 is 28.3 Å². The molecule has 0 radical (unpaired) electrons. The lowest BCUT2D eigenvalue weighted by atomic mass is 10.2. The van der Waals surface area contributed by atoms with E-state index in [0.717, 1.165) is 17.4 Å². The van der Waals surface area contributed by atoms with E-state index >= 15 is 0 Å². The van der Waals surface area contributed by atoms with Gasteiger partial charge in [-0.3, -0.25) is 4.79 Å². The van der Waals surface area contributed by atoms with E-state index in [4.69, 9.17) is 0 Å². The van der Waals surface area contributed by atoms with Crippen molar-refractivity contribution < 1.29 is 4.79 Å². The maximum atomic E-state index is 11.8. The van der Waals surface area contributed by atoms with Crippen LogP contribution < -0.4 is 10.6 Å². The molecule has 1 aromatic carbocycles. The van der Waals surface area contributed by atoms with Gasteiger partial charge in [0, 0.05) is 22.6 Å². The average Bonchev–Trinajstić information content (AvgIpc) is 2.78. The molecule has 1 saturated heterocycles. The number of rotatable bonds is 3. The van der Waals surface area contributed by atoms with Crippen molar-refractivity contribution >= 4 is 34.2 Å². The van der Waals surface area contributed by atoms with Gasteiger partial charge >= 0.3 is 0 Å². The van der Waals surface area contributed by atoms with E-state index in [2.05, 4.69) is 26.6 Å². The van der Waals surface area contributed by atoms with Crippen LogP contribution in [0.15, 0.2) is 28.7 Å². The zero-order valence-corrected chi connectivity index (χ0v) is 11.8. The third-order valence-corrected chi connectivity index (χ3v) is 3.25. The molecule has 0 bridgehead atoms. The predicted octanol–water partition coefficient (Wildman–Crippen LogP) is 2.35. The molecule has 0 aromatic heterocycles. The lowest BCUT2D eigenvalue weighted by Gasteiger charge is -2.11. The zero-order valence-electron chi connectivity index (χ0n) is 9.41. The minimum Gasteiger partial charge on any atom is -0.350 e. The molecule has 3 nitrogen and oxygen atoms in total. The summed E-state index contributed by atoms with van der Waals surface area (Å²) in [4.78, 5) is 11.8. The molecule has 94 valence electrons. The SMILES string of the molecule is Cl.O=C(NCC1CCCN1)c1cccc(Br)c1. The van der Waals surface area contributed by atoms with Crippen molar-refractivity contribution in [2.75, 3.05) is 13.1 Å². The largest absolute Gasteiger partial charge is 0.350 e. The molecule has 1 heterocycles. The number of nitrogens with one attached hydrogen (secondary N) is 2. The van der Waals surface area contributed by atoms with E-state index in [1.54, 1.807) is 0 Å². The summed E-state index contributed by atoms with van der Waals surface area (Å²) in [5, 5.41) is 6.30. The van der Waals surface area contributed by atoms with Gasteiger partial charge in [0.05, 0.1) is 0 Å². The molecule has 0 aliphatic carbocycles. The molecule has 1 fully saturated rings. The Bertz CT molecular complexity index is 381. The Morgan fingerprint density at radius 1 is 1.53 bits per heavy atom. The van der Waals surface area contributed by atoms with Crippen molar-refractivity contribution in [1.29, 1.82) is 0 Å². The van der Waals surface area contributed by atoms with Gasteiger partial charge in [-0.25, -0.2) is 0 Å². The maximum Gasteiger partial charge on any atom is 0.251 e. The quantitative estimate of drug-likeness (QED) is 0.898. The van der Waals surface area contributed by atoms with Crippen molar-refractivity contribution in [2.45, 2.75) is 18.9 Å². The molecule has 0 spiro atoms. The summed E-state index contributed by atoms with van der Waals surface area (Å²) in [5.41, 5.74) is 0.701. The molecule has 5 heteroatoms. The first-order valence-electron chi connectivity index (χ1n) is 5.53. The van der Waals surface area contributed by atoms with E-state index < -0.39 is 0 Å². The first kappa shape index (κ1) is 14.5. The Hall–Kier alpha value is -0.580. The van der Waals surface area contributed by atoms with E-state index in [1.807, 2.05) is 24.3 Å². The number of carbonyl (C=O) groups is 1. The number of amides is 1. The number of carbonyl (C=O) groups excluding carboxylic acids is 1. The lowest BCUT2D eigenvalue weighted by Crippen LogP contribution is -2.37. The molecular formula is C12H16BrClN2O. The van der Waals surface area contributed by atoms with Gasteiger partial charge in [-0.05, 0) is 37.6 Å². The van der Waals surface area contributed by atoms with Gasteiger partial charge in [0.15, 0.2) is 0 Å². The van der Waals surface area contributed by atoms with Gasteiger partial charge in [0.1, 0.15) is 0 Å².